The third-order valence-corrected chi connectivity index (χ3v) is 4.19. The first-order valence-electron chi connectivity index (χ1n) is 7.62. The Bertz CT molecular complexity index is 721. The van der Waals surface area contributed by atoms with Crippen molar-refractivity contribution in [3.63, 3.8) is 0 Å². The van der Waals surface area contributed by atoms with Crippen molar-refractivity contribution in [3.8, 4) is 0 Å². The molecule has 1 aromatic heterocycles. The van der Waals surface area contributed by atoms with Crippen LogP contribution in [-0.4, -0.2) is 53.1 Å². The third-order valence-electron chi connectivity index (χ3n) is 4.19. The summed E-state index contributed by atoms with van der Waals surface area (Å²) < 4.78 is 5.12. The van der Waals surface area contributed by atoms with Gasteiger partial charge < -0.3 is 20.7 Å². The van der Waals surface area contributed by atoms with Crippen molar-refractivity contribution in [2.24, 2.45) is 0 Å². The fourth-order valence-electron chi connectivity index (χ4n) is 2.88. The Kier molecular flexibility index (Phi) is 4.40. The number of nitrogen functional groups attached to an aromatic ring is 1. The highest BCUT2D eigenvalue weighted by Crippen LogP contribution is 2.20. The number of aromatic nitrogens is 2. The molecule has 1 saturated heterocycles. The summed E-state index contributed by atoms with van der Waals surface area (Å²) in [4.78, 5) is 22.7. The Hall–Kier alpha value is -2.25. The molecule has 2 atom stereocenters. The normalized spacial score (nSPS) is 21.8. The highest BCUT2D eigenvalue weighted by molar-refractivity contribution is 5.88. The van der Waals surface area contributed by atoms with Gasteiger partial charge in [0.1, 0.15) is 18.2 Å². The standard InChI is InChI=1S/C16H21N5O2/c1-10-6-18-14(8-23-2)16(22)21(10)7-11-3-4-12-13(5-11)19-9-20-15(12)17/h3-5,9-10,14,18H,6-8H2,1-2H3,(H2,17,19,20). The Morgan fingerprint density at radius 1 is 1.43 bits per heavy atom. The van der Waals surface area contributed by atoms with Gasteiger partial charge in [-0.1, -0.05) is 6.07 Å². The average Bonchev–Trinajstić information content (AvgIpc) is 2.54. The third kappa shape index (κ3) is 3.11. The predicted molar refractivity (Wildman–Crippen MR) is 87.6 cm³/mol. The summed E-state index contributed by atoms with van der Waals surface area (Å²) in [5.41, 5.74) is 7.66. The molecule has 23 heavy (non-hydrogen) atoms. The van der Waals surface area contributed by atoms with Crippen molar-refractivity contribution in [1.29, 1.82) is 0 Å². The highest BCUT2D eigenvalue weighted by atomic mass is 16.5. The lowest BCUT2D eigenvalue weighted by Crippen LogP contribution is -2.60. The van der Waals surface area contributed by atoms with E-state index in [9.17, 15) is 4.79 Å². The Balaban J connectivity index is 1.83. The number of nitrogens with zero attached hydrogens (tertiary/aromatic N) is 3. The zero-order chi connectivity index (χ0) is 16.4. The number of methoxy groups -OCH3 is 1. The summed E-state index contributed by atoms with van der Waals surface area (Å²) in [6.45, 7) is 3.71. The van der Waals surface area contributed by atoms with Crippen molar-refractivity contribution >= 4 is 22.6 Å². The first-order valence-corrected chi connectivity index (χ1v) is 7.62. The van der Waals surface area contributed by atoms with Crippen LogP contribution in [0, 0.1) is 0 Å². The van der Waals surface area contributed by atoms with Gasteiger partial charge in [-0.3, -0.25) is 4.79 Å². The van der Waals surface area contributed by atoms with Crippen LogP contribution in [0.3, 0.4) is 0 Å². The molecule has 2 heterocycles. The van der Waals surface area contributed by atoms with Crippen molar-refractivity contribution in [3.05, 3.63) is 30.1 Å². The molecule has 0 bridgehead atoms. The number of ether oxygens (including phenoxy) is 1. The Morgan fingerprint density at radius 3 is 3.04 bits per heavy atom. The van der Waals surface area contributed by atoms with E-state index in [1.165, 1.54) is 6.33 Å². The molecule has 7 nitrogen and oxygen atoms in total. The van der Waals surface area contributed by atoms with Crippen LogP contribution in [0.1, 0.15) is 12.5 Å². The van der Waals surface area contributed by atoms with Gasteiger partial charge in [0.15, 0.2) is 0 Å². The molecule has 3 rings (SSSR count). The van der Waals surface area contributed by atoms with Gasteiger partial charge >= 0.3 is 0 Å². The number of piperazine rings is 1. The monoisotopic (exact) mass is 315 g/mol. The summed E-state index contributed by atoms with van der Waals surface area (Å²) in [6.07, 6.45) is 1.45. The molecule has 0 spiro atoms. The van der Waals surface area contributed by atoms with Crippen LogP contribution < -0.4 is 11.1 Å². The number of hydrogen-bond donors (Lipinski definition) is 2. The molecule has 0 saturated carbocycles. The van der Waals surface area contributed by atoms with Crippen molar-refractivity contribution in [1.82, 2.24) is 20.2 Å². The van der Waals surface area contributed by atoms with Gasteiger partial charge in [0.25, 0.3) is 0 Å². The number of amides is 1. The van der Waals surface area contributed by atoms with Crippen LogP contribution in [0.2, 0.25) is 0 Å². The van der Waals surface area contributed by atoms with Crippen LogP contribution in [0.25, 0.3) is 10.9 Å². The quantitative estimate of drug-likeness (QED) is 0.856. The number of hydrogen-bond acceptors (Lipinski definition) is 6. The molecule has 0 aliphatic carbocycles. The molecule has 1 aliphatic heterocycles. The molecular formula is C16H21N5O2. The summed E-state index contributed by atoms with van der Waals surface area (Å²) in [5, 5.41) is 4.05. The lowest BCUT2D eigenvalue weighted by atomic mass is 10.1. The van der Waals surface area contributed by atoms with Crippen molar-refractivity contribution in [2.75, 3.05) is 26.0 Å². The number of benzene rings is 1. The van der Waals surface area contributed by atoms with Gasteiger partial charge in [0.2, 0.25) is 5.91 Å². The van der Waals surface area contributed by atoms with E-state index in [0.717, 1.165) is 23.0 Å². The first-order chi connectivity index (χ1) is 11.1. The number of nitrogens with one attached hydrogen (secondary N) is 1. The molecule has 2 unspecified atom stereocenters. The van der Waals surface area contributed by atoms with Gasteiger partial charge in [0.05, 0.1) is 12.1 Å². The van der Waals surface area contributed by atoms with Crippen LogP contribution in [-0.2, 0) is 16.1 Å². The van der Waals surface area contributed by atoms with Gasteiger partial charge in [-0.05, 0) is 24.6 Å². The van der Waals surface area contributed by atoms with Crippen molar-refractivity contribution in [2.45, 2.75) is 25.6 Å². The number of anilines is 1. The molecular weight excluding hydrogens is 294 g/mol. The maximum Gasteiger partial charge on any atom is 0.242 e. The largest absolute Gasteiger partial charge is 0.383 e. The second kappa shape index (κ2) is 6.47. The topological polar surface area (TPSA) is 93.4 Å². The molecule has 1 aromatic carbocycles. The molecule has 1 fully saturated rings. The van der Waals surface area contributed by atoms with Gasteiger partial charge in [-0.15, -0.1) is 0 Å². The minimum absolute atomic E-state index is 0.0629. The predicted octanol–water partition coefficient (Wildman–Crippen LogP) is 0.547. The van der Waals surface area contributed by atoms with E-state index >= 15 is 0 Å². The number of nitrogens with two attached hydrogens (primary N) is 1. The number of carbonyl (C=O) groups excluding carboxylic acids is 1. The Labute approximate surface area is 134 Å². The van der Waals surface area contributed by atoms with E-state index in [1.54, 1.807) is 7.11 Å². The van der Waals surface area contributed by atoms with E-state index in [-0.39, 0.29) is 18.0 Å². The molecule has 3 N–H and O–H groups in total. The summed E-state index contributed by atoms with van der Waals surface area (Å²) >= 11 is 0. The molecule has 2 aromatic rings. The molecule has 0 radical (unpaired) electrons. The Morgan fingerprint density at radius 2 is 2.26 bits per heavy atom. The van der Waals surface area contributed by atoms with Crippen LogP contribution in [0.5, 0.6) is 0 Å². The fourth-order valence-corrected chi connectivity index (χ4v) is 2.88. The number of rotatable bonds is 4. The molecule has 1 aliphatic rings. The zero-order valence-electron chi connectivity index (χ0n) is 13.3. The van der Waals surface area contributed by atoms with E-state index in [1.807, 2.05) is 30.0 Å². The zero-order valence-corrected chi connectivity index (χ0v) is 13.3. The van der Waals surface area contributed by atoms with Gasteiger partial charge in [-0.2, -0.15) is 0 Å². The maximum atomic E-state index is 12.6. The van der Waals surface area contributed by atoms with E-state index in [4.69, 9.17) is 10.5 Å². The first kappa shape index (κ1) is 15.6. The van der Waals surface area contributed by atoms with Gasteiger partial charge in [-0.25, -0.2) is 9.97 Å². The highest BCUT2D eigenvalue weighted by Gasteiger charge is 2.32. The number of fused-ring (bicyclic) bond motifs is 1. The van der Waals surface area contributed by atoms with Crippen LogP contribution in [0.4, 0.5) is 5.82 Å². The van der Waals surface area contributed by atoms with Crippen molar-refractivity contribution < 1.29 is 9.53 Å². The van der Waals surface area contributed by atoms with Gasteiger partial charge in [0, 0.05) is 31.6 Å². The summed E-state index contributed by atoms with van der Waals surface area (Å²) in [7, 11) is 1.60. The molecule has 122 valence electrons. The van der Waals surface area contributed by atoms with E-state index in [2.05, 4.69) is 15.3 Å². The lowest BCUT2D eigenvalue weighted by molar-refractivity contribution is -0.140. The minimum atomic E-state index is -0.283. The fraction of sp³-hybridized carbons (Fsp3) is 0.438. The van der Waals surface area contributed by atoms with Crippen LogP contribution >= 0.6 is 0 Å². The minimum Gasteiger partial charge on any atom is -0.383 e. The number of carbonyl (C=O) groups is 1. The molecule has 1 amide bonds. The molecule has 7 heteroatoms. The van der Waals surface area contributed by atoms with Crippen LogP contribution in [0.15, 0.2) is 24.5 Å². The van der Waals surface area contributed by atoms with E-state index < -0.39 is 0 Å². The van der Waals surface area contributed by atoms with E-state index in [0.29, 0.717) is 19.0 Å². The smallest absolute Gasteiger partial charge is 0.242 e. The second-order valence-electron chi connectivity index (χ2n) is 5.84. The summed E-state index contributed by atoms with van der Waals surface area (Å²) in [6, 6.07) is 5.68. The SMILES string of the molecule is COCC1NCC(C)N(Cc2ccc3c(N)ncnc3c2)C1=O. The average molecular weight is 315 g/mol. The second-order valence-corrected chi connectivity index (χ2v) is 5.84. The lowest BCUT2D eigenvalue weighted by Gasteiger charge is -2.38. The maximum absolute atomic E-state index is 12.6. The summed E-state index contributed by atoms with van der Waals surface area (Å²) in [5.74, 6) is 0.529.